The maximum Gasteiger partial charge on any atom is 0.323 e. The number of primary amides is 1. The van der Waals surface area contributed by atoms with Crippen molar-refractivity contribution in [2.24, 2.45) is 5.73 Å². The van der Waals surface area contributed by atoms with E-state index >= 15 is 0 Å². The van der Waals surface area contributed by atoms with Crippen LogP contribution in [0.3, 0.4) is 0 Å². The molecule has 1 heterocycles. The first-order valence-electron chi connectivity index (χ1n) is 7.06. The van der Waals surface area contributed by atoms with Crippen molar-refractivity contribution in [1.82, 2.24) is 15.0 Å². The predicted octanol–water partition coefficient (Wildman–Crippen LogP) is 1.92. The van der Waals surface area contributed by atoms with E-state index in [0.717, 1.165) is 0 Å². The number of carbonyl (C=O) groups excluding carboxylic acids is 1. The Labute approximate surface area is 138 Å². The van der Waals surface area contributed by atoms with E-state index in [1.54, 1.807) is 36.4 Å². The minimum atomic E-state index is -0.581. The third-order valence-electron chi connectivity index (χ3n) is 3.29. The van der Waals surface area contributed by atoms with Gasteiger partial charge in [0.2, 0.25) is 11.9 Å². The van der Waals surface area contributed by atoms with Gasteiger partial charge in [-0.25, -0.2) is 4.79 Å². The first-order chi connectivity index (χ1) is 11.5. The van der Waals surface area contributed by atoms with Crippen LogP contribution in [0.2, 0.25) is 0 Å². The number of benzene rings is 2. The molecule has 3 aromatic rings. The van der Waals surface area contributed by atoms with Gasteiger partial charge in [-0.05, 0) is 36.4 Å². The number of aromatic nitrogens is 3. The van der Waals surface area contributed by atoms with Crippen molar-refractivity contribution in [2.45, 2.75) is 0 Å². The van der Waals surface area contributed by atoms with Crippen LogP contribution in [-0.4, -0.2) is 21.0 Å². The number of hydrogen-bond acceptors (Lipinski definition) is 6. The summed E-state index contributed by atoms with van der Waals surface area (Å²) in [5.74, 6) is 0.450. The van der Waals surface area contributed by atoms with Gasteiger partial charge in [0.05, 0.1) is 11.4 Å². The van der Waals surface area contributed by atoms with Gasteiger partial charge in [-0.1, -0.05) is 18.2 Å². The fourth-order valence-corrected chi connectivity index (χ4v) is 2.28. The second-order valence-electron chi connectivity index (χ2n) is 4.93. The lowest BCUT2D eigenvalue weighted by Gasteiger charge is -2.20. The van der Waals surface area contributed by atoms with Gasteiger partial charge in [0, 0.05) is 5.56 Å². The summed E-state index contributed by atoms with van der Waals surface area (Å²) in [6, 6.07) is 15.5. The number of hydrogen-bond donors (Lipinski definition) is 3. The summed E-state index contributed by atoms with van der Waals surface area (Å²) in [6.07, 6.45) is 0. The van der Waals surface area contributed by atoms with E-state index in [0.29, 0.717) is 22.8 Å². The number of urea groups is 1. The van der Waals surface area contributed by atoms with Crippen LogP contribution in [0.15, 0.2) is 54.6 Å². The molecule has 0 saturated heterocycles. The summed E-state index contributed by atoms with van der Waals surface area (Å²) in [5.41, 5.74) is 18.7. The molecule has 3 rings (SSSR count). The number of nitrogens with zero attached hydrogens (tertiary/aromatic N) is 4. The average molecular weight is 321 g/mol. The van der Waals surface area contributed by atoms with Crippen LogP contribution in [0.1, 0.15) is 0 Å². The predicted molar refractivity (Wildman–Crippen MR) is 92.3 cm³/mol. The molecule has 8 nitrogen and oxygen atoms in total. The lowest BCUT2D eigenvalue weighted by Crippen LogP contribution is -2.31. The van der Waals surface area contributed by atoms with E-state index in [-0.39, 0.29) is 11.9 Å². The van der Waals surface area contributed by atoms with Crippen LogP contribution < -0.4 is 22.1 Å². The van der Waals surface area contributed by atoms with Gasteiger partial charge < -0.3 is 17.2 Å². The number of rotatable bonds is 3. The summed E-state index contributed by atoms with van der Waals surface area (Å²) in [4.78, 5) is 25.0. The molecule has 1 aromatic heterocycles. The Balaban J connectivity index is 1.97. The van der Waals surface area contributed by atoms with Crippen molar-refractivity contribution in [3.63, 3.8) is 0 Å². The van der Waals surface area contributed by atoms with E-state index in [1.165, 1.54) is 4.90 Å². The van der Waals surface area contributed by atoms with E-state index in [4.69, 9.17) is 17.2 Å². The average Bonchev–Trinajstić information content (AvgIpc) is 2.55. The molecule has 0 fully saturated rings. The topological polar surface area (TPSA) is 137 Å². The van der Waals surface area contributed by atoms with E-state index < -0.39 is 6.03 Å². The van der Waals surface area contributed by atoms with Crippen molar-refractivity contribution in [2.75, 3.05) is 16.4 Å². The standard InChI is InChI=1S/C16H15N7O/c17-14-20-13(21-15(18)22-14)10-6-8-12(9-7-10)23(16(19)24)11-4-2-1-3-5-11/h1-9H,(H2,19,24)(H4,17,18,20,21,22). The molecule has 0 atom stereocenters. The quantitative estimate of drug-likeness (QED) is 0.674. The van der Waals surface area contributed by atoms with Crippen molar-refractivity contribution < 1.29 is 4.79 Å². The Kier molecular flexibility index (Phi) is 3.94. The molecule has 0 aliphatic rings. The molecular formula is C16H15N7O. The molecule has 0 spiro atoms. The first kappa shape index (κ1) is 15.2. The number of anilines is 4. The van der Waals surface area contributed by atoms with Crippen molar-refractivity contribution in [3.8, 4) is 11.4 Å². The Hall–Kier alpha value is -3.68. The first-order valence-corrected chi connectivity index (χ1v) is 7.06. The number of amides is 2. The minimum absolute atomic E-state index is 0.0459. The van der Waals surface area contributed by atoms with Crippen LogP contribution in [0.25, 0.3) is 11.4 Å². The number of para-hydroxylation sites is 1. The highest BCUT2D eigenvalue weighted by Gasteiger charge is 2.15. The highest BCUT2D eigenvalue weighted by Crippen LogP contribution is 2.27. The molecule has 6 N–H and O–H groups in total. The molecule has 2 amide bonds. The Morgan fingerprint density at radius 3 is 1.88 bits per heavy atom. The van der Waals surface area contributed by atoms with E-state index in [2.05, 4.69) is 15.0 Å². The van der Waals surface area contributed by atoms with Crippen molar-refractivity contribution >= 4 is 29.3 Å². The zero-order chi connectivity index (χ0) is 17.1. The second kappa shape index (κ2) is 6.21. The molecule has 2 aromatic carbocycles. The largest absolute Gasteiger partial charge is 0.368 e. The molecule has 0 saturated carbocycles. The lowest BCUT2D eigenvalue weighted by molar-refractivity contribution is 0.256. The normalized spacial score (nSPS) is 10.3. The number of nitrogen functional groups attached to an aromatic ring is 2. The zero-order valence-electron chi connectivity index (χ0n) is 12.6. The van der Waals surface area contributed by atoms with Crippen LogP contribution in [0.5, 0.6) is 0 Å². The number of nitrogens with two attached hydrogens (primary N) is 3. The second-order valence-corrected chi connectivity index (χ2v) is 4.93. The zero-order valence-corrected chi connectivity index (χ0v) is 12.6. The van der Waals surface area contributed by atoms with E-state index in [9.17, 15) is 4.79 Å². The molecule has 8 heteroatoms. The molecule has 120 valence electrons. The summed E-state index contributed by atoms with van der Waals surface area (Å²) < 4.78 is 0. The highest BCUT2D eigenvalue weighted by atomic mass is 16.2. The Morgan fingerprint density at radius 1 is 0.792 bits per heavy atom. The molecule has 0 aliphatic heterocycles. The van der Waals surface area contributed by atoms with Gasteiger partial charge in [0.25, 0.3) is 0 Å². The summed E-state index contributed by atoms with van der Waals surface area (Å²) in [6.45, 7) is 0. The van der Waals surface area contributed by atoms with Crippen molar-refractivity contribution in [1.29, 1.82) is 0 Å². The van der Waals surface area contributed by atoms with Gasteiger partial charge in [0.15, 0.2) is 5.82 Å². The van der Waals surface area contributed by atoms with Gasteiger partial charge in [-0.3, -0.25) is 4.90 Å². The van der Waals surface area contributed by atoms with Gasteiger partial charge in [-0.15, -0.1) is 0 Å². The van der Waals surface area contributed by atoms with Gasteiger partial charge >= 0.3 is 6.03 Å². The van der Waals surface area contributed by atoms with Gasteiger partial charge in [-0.2, -0.15) is 15.0 Å². The SMILES string of the molecule is NC(=O)N(c1ccccc1)c1ccc(-c2nc(N)nc(N)n2)cc1. The van der Waals surface area contributed by atoms with E-state index in [1.807, 2.05) is 18.2 Å². The fourth-order valence-electron chi connectivity index (χ4n) is 2.28. The molecular weight excluding hydrogens is 306 g/mol. The molecule has 0 unspecified atom stereocenters. The van der Waals surface area contributed by atoms with Crippen LogP contribution in [0.4, 0.5) is 28.1 Å². The van der Waals surface area contributed by atoms with Crippen LogP contribution >= 0.6 is 0 Å². The maximum absolute atomic E-state index is 11.8. The van der Waals surface area contributed by atoms with Gasteiger partial charge in [0.1, 0.15) is 0 Å². The van der Waals surface area contributed by atoms with Crippen molar-refractivity contribution in [3.05, 3.63) is 54.6 Å². The summed E-state index contributed by atoms with van der Waals surface area (Å²) >= 11 is 0. The third-order valence-corrected chi connectivity index (χ3v) is 3.29. The Bertz CT molecular complexity index is 845. The fraction of sp³-hybridized carbons (Fsp3) is 0. The maximum atomic E-state index is 11.8. The van der Waals surface area contributed by atoms with Crippen LogP contribution in [0, 0.1) is 0 Å². The molecule has 0 bridgehead atoms. The van der Waals surface area contributed by atoms with Crippen LogP contribution in [-0.2, 0) is 0 Å². The minimum Gasteiger partial charge on any atom is -0.368 e. The highest BCUT2D eigenvalue weighted by molar-refractivity contribution is 5.98. The summed E-state index contributed by atoms with van der Waals surface area (Å²) in [7, 11) is 0. The lowest BCUT2D eigenvalue weighted by atomic mass is 10.1. The third kappa shape index (κ3) is 3.07. The molecule has 24 heavy (non-hydrogen) atoms. The molecule has 0 aliphatic carbocycles. The Morgan fingerprint density at radius 2 is 1.33 bits per heavy atom. The monoisotopic (exact) mass is 321 g/mol. The summed E-state index contributed by atoms with van der Waals surface area (Å²) in [5, 5.41) is 0. The molecule has 0 radical (unpaired) electrons. The number of carbonyl (C=O) groups is 1. The smallest absolute Gasteiger partial charge is 0.323 e.